The normalized spacial score (nSPS) is 18.9. The quantitative estimate of drug-likeness (QED) is 0.885. The zero-order valence-corrected chi connectivity index (χ0v) is 11.5. The number of anilines is 1. The fourth-order valence-electron chi connectivity index (χ4n) is 2.27. The molecule has 100 valence electrons. The summed E-state index contributed by atoms with van der Waals surface area (Å²) in [7, 11) is 0. The summed E-state index contributed by atoms with van der Waals surface area (Å²) < 4.78 is 0. The molecule has 0 bridgehead atoms. The van der Waals surface area contributed by atoms with Gasteiger partial charge in [0.05, 0.1) is 0 Å². The number of aromatic nitrogens is 2. The van der Waals surface area contributed by atoms with Crippen LogP contribution in [-0.2, 0) is 6.42 Å². The second-order valence-corrected chi connectivity index (χ2v) is 5.43. The van der Waals surface area contributed by atoms with E-state index in [1.807, 2.05) is 12.4 Å². The Morgan fingerprint density at radius 3 is 2.50 bits per heavy atom. The predicted molar refractivity (Wildman–Crippen MR) is 74.6 cm³/mol. The monoisotopic (exact) mass is 248 g/mol. The van der Waals surface area contributed by atoms with Gasteiger partial charge in [0.1, 0.15) is 0 Å². The number of piperidine rings is 1. The molecule has 4 nitrogen and oxygen atoms in total. The number of rotatable bonds is 4. The van der Waals surface area contributed by atoms with Crippen LogP contribution < -0.4 is 10.6 Å². The van der Waals surface area contributed by atoms with Crippen molar-refractivity contribution in [3.05, 3.63) is 18.0 Å². The highest BCUT2D eigenvalue weighted by molar-refractivity contribution is 5.30. The van der Waals surface area contributed by atoms with Crippen molar-refractivity contribution in [2.45, 2.75) is 45.6 Å². The van der Waals surface area contributed by atoms with Crippen molar-refractivity contribution in [2.75, 3.05) is 18.0 Å². The summed E-state index contributed by atoms with van der Waals surface area (Å²) in [6, 6.07) is 0.218. The van der Waals surface area contributed by atoms with Crippen molar-refractivity contribution < 1.29 is 0 Å². The third kappa shape index (κ3) is 3.42. The van der Waals surface area contributed by atoms with Crippen molar-refractivity contribution in [1.82, 2.24) is 9.97 Å². The first kappa shape index (κ1) is 13.3. The van der Waals surface area contributed by atoms with Gasteiger partial charge in [-0.05, 0) is 37.2 Å². The minimum atomic E-state index is 0.218. The second kappa shape index (κ2) is 6.14. The van der Waals surface area contributed by atoms with Gasteiger partial charge in [-0.1, -0.05) is 13.8 Å². The summed E-state index contributed by atoms with van der Waals surface area (Å²) in [4.78, 5) is 11.2. The van der Waals surface area contributed by atoms with E-state index in [0.717, 1.165) is 43.4 Å². The standard InChI is InChI=1S/C14H24N4/c1-3-13(15)8-12-9-16-14(17-10-12)18-6-4-11(2)5-7-18/h9-11,13H,3-8,15H2,1-2H3. The molecule has 1 unspecified atom stereocenters. The first-order valence-electron chi connectivity index (χ1n) is 7.00. The average molecular weight is 248 g/mol. The van der Waals surface area contributed by atoms with E-state index in [1.165, 1.54) is 12.8 Å². The van der Waals surface area contributed by atoms with Crippen molar-refractivity contribution in [2.24, 2.45) is 11.7 Å². The maximum Gasteiger partial charge on any atom is 0.225 e. The molecule has 1 aliphatic rings. The summed E-state index contributed by atoms with van der Waals surface area (Å²) in [5.41, 5.74) is 7.07. The van der Waals surface area contributed by atoms with Crippen LogP contribution in [0.3, 0.4) is 0 Å². The Balaban J connectivity index is 1.95. The smallest absolute Gasteiger partial charge is 0.225 e. The third-order valence-corrected chi connectivity index (χ3v) is 3.78. The van der Waals surface area contributed by atoms with E-state index in [0.29, 0.717) is 0 Å². The van der Waals surface area contributed by atoms with Gasteiger partial charge in [-0.15, -0.1) is 0 Å². The third-order valence-electron chi connectivity index (χ3n) is 3.78. The molecule has 0 aromatic carbocycles. The Morgan fingerprint density at radius 1 is 1.33 bits per heavy atom. The van der Waals surface area contributed by atoms with Crippen LogP contribution in [-0.4, -0.2) is 29.1 Å². The summed E-state index contributed by atoms with van der Waals surface area (Å²) >= 11 is 0. The Hall–Kier alpha value is -1.16. The van der Waals surface area contributed by atoms with Gasteiger partial charge in [0.2, 0.25) is 5.95 Å². The Bertz CT molecular complexity index is 355. The molecule has 1 aliphatic heterocycles. The van der Waals surface area contributed by atoms with E-state index < -0.39 is 0 Å². The molecule has 0 radical (unpaired) electrons. The lowest BCUT2D eigenvalue weighted by Crippen LogP contribution is -2.34. The summed E-state index contributed by atoms with van der Waals surface area (Å²) in [6.07, 6.45) is 8.20. The number of nitrogens with two attached hydrogens (primary N) is 1. The minimum Gasteiger partial charge on any atom is -0.341 e. The number of hydrogen-bond donors (Lipinski definition) is 1. The highest BCUT2D eigenvalue weighted by atomic mass is 15.2. The maximum atomic E-state index is 5.94. The lowest BCUT2D eigenvalue weighted by Gasteiger charge is -2.30. The summed E-state index contributed by atoms with van der Waals surface area (Å²) in [5.74, 6) is 1.71. The molecule has 0 saturated carbocycles. The van der Waals surface area contributed by atoms with Crippen molar-refractivity contribution in [3.8, 4) is 0 Å². The van der Waals surface area contributed by atoms with Crippen LogP contribution >= 0.6 is 0 Å². The Morgan fingerprint density at radius 2 is 1.94 bits per heavy atom. The van der Waals surface area contributed by atoms with Crippen LogP contribution in [0, 0.1) is 5.92 Å². The van der Waals surface area contributed by atoms with Crippen molar-refractivity contribution in [3.63, 3.8) is 0 Å². The zero-order valence-electron chi connectivity index (χ0n) is 11.5. The molecule has 4 heteroatoms. The molecular weight excluding hydrogens is 224 g/mol. The van der Waals surface area contributed by atoms with Gasteiger partial charge in [0, 0.05) is 31.5 Å². The number of nitrogens with zero attached hydrogens (tertiary/aromatic N) is 3. The van der Waals surface area contributed by atoms with Crippen molar-refractivity contribution in [1.29, 1.82) is 0 Å². The lowest BCUT2D eigenvalue weighted by molar-refractivity contribution is 0.434. The van der Waals surface area contributed by atoms with E-state index >= 15 is 0 Å². The van der Waals surface area contributed by atoms with Crippen LogP contribution in [0.2, 0.25) is 0 Å². The maximum absolute atomic E-state index is 5.94. The minimum absolute atomic E-state index is 0.218. The van der Waals surface area contributed by atoms with Crippen LogP contribution in [0.1, 0.15) is 38.7 Å². The van der Waals surface area contributed by atoms with E-state index in [1.54, 1.807) is 0 Å². The lowest BCUT2D eigenvalue weighted by atomic mass is 10.00. The van der Waals surface area contributed by atoms with E-state index in [2.05, 4.69) is 28.7 Å². The molecule has 0 aliphatic carbocycles. The Labute approximate surface area is 110 Å². The van der Waals surface area contributed by atoms with E-state index in [4.69, 9.17) is 5.73 Å². The molecule has 0 spiro atoms. The molecule has 1 atom stereocenters. The van der Waals surface area contributed by atoms with Crippen LogP contribution in [0.15, 0.2) is 12.4 Å². The van der Waals surface area contributed by atoms with Crippen LogP contribution in [0.25, 0.3) is 0 Å². The molecule has 1 fully saturated rings. The van der Waals surface area contributed by atoms with Gasteiger partial charge in [-0.25, -0.2) is 9.97 Å². The van der Waals surface area contributed by atoms with Gasteiger partial charge in [0.25, 0.3) is 0 Å². The van der Waals surface area contributed by atoms with Gasteiger partial charge in [0.15, 0.2) is 0 Å². The summed E-state index contributed by atoms with van der Waals surface area (Å²) in [5, 5.41) is 0. The molecular formula is C14H24N4. The predicted octanol–water partition coefficient (Wildman–Crippen LogP) is 1.99. The number of hydrogen-bond acceptors (Lipinski definition) is 4. The fourth-order valence-corrected chi connectivity index (χ4v) is 2.27. The highest BCUT2D eigenvalue weighted by Gasteiger charge is 2.17. The van der Waals surface area contributed by atoms with Gasteiger partial charge < -0.3 is 10.6 Å². The average Bonchev–Trinajstić information content (AvgIpc) is 2.40. The van der Waals surface area contributed by atoms with E-state index in [9.17, 15) is 0 Å². The van der Waals surface area contributed by atoms with Crippen LogP contribution in [0.5, 0.6) is 0 Å². The molecule has 2 N–H and O–H groups in total. The molecule has 1 aromatic heterocycles. The molecule has 1 saturated heterocycles. The van der Waals surface area contributed by atoms with Gasteiger partial charge in [-0.3, -0.25) is 0 Å². The molecule has 2 rings (SSSR count). The Kier molecular flexibility index (Phi) is 4.53. The largest absolute Gasteiger partial charge is 0.341 e. The van der Waals surface area contributed by atoms with Gasteiger partial charge in [-0.2, -0.15) is 0 Å². The molecule has 18 heavy (non-hydrogen) atoms. The fraction of sp³-hybridized carbons (Fsp3) is 0.714. The summed E-state index contributed by atoms with van der Waals surface area (Å²) in [6.45, 7) is 6.58. The molecule has 1 aromatic rings. The second-order valence-electron chi connectivity index (χ2n) is 5.43. The SMILES string of the molecule is CCC(N)Cc1cnc(N2CCC(C)CC2)nc1. The molecule has 0 amide bonds. The van der Waals surface area contributed by atoms with E-state index in [-0.39, 0.29) is 6.04 Å². The van der Waals surface area contributed by atoms with Crippen LogP contribution in [0.4, 0.5) is 5.95 Å². The molecule has 2 heterocycles. The first-order valence-corrected chi connectivity index (χ1v) is 7.00. The zero-order chi connectivity index (χ0) is 13.0. The van der Waals surface area contributed by atoms with Gasteiger partial charge >= 0.3 is 0 Å². The van der Waals surface area contributed by atoms with Crippen molar-refractivity contribution >= 4 is 5.95 Å². The first-order chi connectivity index (χ1) is 8.69. The highest BCUT2D eigenvalue weighted by Crippen LogP contribution is 2.19. The topological polar surface area (TPSA) is 55.0 Å².